The van der Waals surface area contributed by atoms with Crippen LogP contribution in [0.3, 0.4) is 0 Å². The van der Waals surface area contributed by atoms with Crippen LogP contribution in [0.25, 0.3) is 5.82 Å². The second-order valence-corrected chi connectivity index (χ2v) is 7.26. The summed E-state index contributed by atoms with van der Waals surface area (Å²) in [5.41, 5.74) is 2.11. The van der Waals surface area contributed by atoms with Crippen molar-refractivity contribution in [3.8, 4) is 11.9 Å². The van der Waals surface area contributed by atoms with Crippen molar-refractivity contribution in [1.82, 2.24) is 34.4 Å². The smallest absolute Gasteiger partial charge is 0.266 e. The minimum absolute atomic E-state index is 0.128. The molecule has 1 aliphatic heterocycles. The largest absolute Gasteiger partial charge is 0.352 e. The van der Waals surface area contributed by atoms with Crippen molar-refractivity contribution < 1.29 is 0 Å². The van der Waals surface area contributed by atoms with E-state index in [4.69, 9.17) is 0 Å². The number of nitriles is 1. The highest BCUT2D eigenvalue weighted by Gasteiger charge is 2.20. The van der Waals surface area contributed by atoms with Crippen LogP contribution in [0.1, 0.15) is 17.1 Å². The first-order chi connectivity index (χ1) is 14.5. The fraction of sp³-hybridized carbons (Fsp3) is 0.400. The molecule has 30 heavy (non-hydrogen) atoms. The Balaban J connectivity index is 1.39. The fourth-order valence-corrected chi connectivity index (χ4v) is 3.63. The van der Waals surface area contributed by atoms with Crippen molar-refractivity contribution in [3.63, 3.8) is 0 Å². The van der Waals surface area contributed by atoms with Crippen LogP contribution in [0.5, 0.6) is 0 Å². The van der Waals surface area contributed by atoms with Gasteiger partial charge in [0.2, 0.25) is 0 Å². The zero-order valence-electron chi connectivity index (χ0n) is 17.1. The molecule has 3 aromatic heterocycles. The van der Waals surface area contributed by atoms with Gasteiger partial charge in [-0.2, -0.15) is 10.4 Å². The average Bonchev–Trinajstić information content (AvgIpc) is 3.11. The van der Waals surface area contributed by atoms with Gasteiger partial charge in [0.1, 0.15) is 6.07 Å². The quantitative estimate of drug-likeness (QED) is 0.605. The molecule has 10 heteroatoms. The highest BCUT2D eigenvalue weighted by molar-refractivity contribution is 5.49. The van der Waals surface area contributed by atoms with Gasteiger partial charge in [-0.05, 0) is 26.0 Å². The Morgan fingerprint density at radius 2 is 1.80 bits per heavy atom. The zero-order valence-corrected chi connectivity index (χ0v) is 17.1. The van der Waals surface area contributed by atoms with Crippen LogP contribution < -0.4 is 10.5 Å². The van der Waals surface area contributed by atoms with E-state index in [0.29, 0.717) is 30.4 Å². The summed E-state index contributed by atoms with van der Waals surface area (Å²) in [4.78, 5) is 25.0. The molecule has 0 N–H and O–H groups in total. The number of hydrogen-bond acceptors (Lipinski definition) is 8. The maximum absolute atomic E-state index is 12.3. The van der Waals surface area contributed by atoms with Crippen molar-refractivity contribution in [3.05, 3.63) is 58.0 Å². The average molecular weight is 405 g/mol. The molecule has 0 aromatic carbocycles. The third-order valence-corrected chi connectivity index (χ3v) is 5.16. The van der Waals surface area contributed by atoms with Crippen LogP contribution in [-0.4, -0.2) is 67.2 Å². The Hall–Kier alpha value is -3.58. The summed E-state index contributed by atoms with van der Waals surface area (Å²) in [7, 11) is 0. The molecule has 0 aliphatic carbocycles. The van der Waals surface area contributed by atoms with Crippen molar-refractivity contribution in [2.75, 3.05) is 37.6 Å². The van der Waals surface area contributed by atoms with E-state index in [9.17, 15) is 10.1 Å². The maximum atomic E-state index is 12.3. The van der Waals surface area contributed by atoms with Crippen molar-refractivity contribution in [2.45, 2.75) is 20.4 Å². The van der Waals surface area contributed by atoms with E-state index < -0.39 is 0 Å². The molecule has 1 saturated heterocycles. The van der Waals surface area contributed by atoms with Gasteiger partial charge in [0.25, 0.3) is 5.56 Å². The van der Waals surface area contributed by atoms with E-state index in [2.05, 4.69) is 36.0 Å². The van der Waals surface area contributed by atoms with Crippen LogP contribution in [0.4, 0.5) is 5.82 Å². The van der Waals surface area contributed by atoms with Crippen LogP contribution >= 0.6 is 0 Å². The summed E-state index contributed by atoms with van der Waals surface area (Å²) in [5, 5.41) is 18.2. The standard InChI is InChI=1S/C20H23N9O/c1-15-13-16(2)29(24-15)18-3-4-19(30)28(25-18)12-9-26-7-10-27(11-8-26)20-17(14-21)22-5-6-23-20/h3-6,13H,7-12H2,1-2H3. The molecule has 0 spiro atoms. The lowest BCUT2D eigenvalue weighted by Gasteiger charge is -2.35. The lowest BCUT2D eigenvalue weighted by molar-refractivity contribution is 0.242. The summed E-state index contributed by atoms with van der Waals surface area (Å²) in [6, 6.07) is 7.31. The van der Waals surface area contributed by atoms with Gasteiger partial charge < -0.3 is 4.90 Å². The molecule has 4 rings (SSSR count). The summed E-state index contributed by atoms with van der Waals surface area (Å²) in [6.45, 7) is 8.24. The molecule has 10 nitrogen and oxygen atoms in total. The van der Waals surface area contributed by atoms with E-state index in [0.717, 1.165) is 37.6 Å². The Labute approximate surface area is 174 Å². The molecule has 154 valence electrons. The number of anilines is 1. The van der Waals surface area contributed by atoms with Gasteiger partial charge in [0.15, 0.2) is 17.3 Å². The van der Waals surface area contributed by atoms with Crippen LogP contribution in [0, 0.1) is 25.2 Å². The van der Waals surface area contributed by atoms with Crippen molar-refractivity contribution in [2.24, 2.45) is 0 Å². The lowest BCUT2D eigenvalue weighted by Crippen LogP contribution is -2.48. The SMILES string of the molecule is Cc1cc(C)n(-c2ccc(=O)n(CCN3CCN(c4nccnc4C#N)CC3)n2)n1. The summed E-state index contributed by atoms with van der Waals surface area (Å²) in [6.07, 6.45) is 3.14. The van der Waals surface area contributed by atoms with Crippen LogP contribution in [-0.2, 0) is 6.54 Å². The third-order valence-electron chi connectivity index (χ3n) is 5.16. The van der Waals surface area contributed by atoms with Gasteiger partial charge in [-0.25, -0.2) is 19.3 Å². The first-order valence-corrected chi connectivity index (χ1v) is 9.85. The maximum Gasteiger partial charge on any atom is 0.266 e. The first kappa shape index (κ1) is 19.7. The minimum atomic E-state index is -0.128. The number of piperazine rings is 1. The molecule has 0 saturated carbocycles. The second kappa shape index (κ2) is 8.42. The molecule has 1 fully saturated rings. The topological polar surface area (TPSA) is 109 Å². The van der Waals surface area contributed by atoms with E-state index in [1.54, 1.807) is 16.9 Å². The predicted molar refractivity (Wildman–Crippen MR) is 110 cm³/mol. The first-order valence-electron chi connectivity index (χ1n) is 9.85. The Kier molecular flexibility index (Phi) is 5.54. The van der Waals surface area contributed by atoms with E-state index in [1.165, 1.54) is 16.9 Å². The summed E-state index contributed by atoms with van der Waals surface area (Å²) < 4.78 is 3.24. The number of hydrogen-bond donors (Lipinski definition) is 0. The molecule has 0 radical (unpaired) electrons. The second-order valence-electron chi connectivity index (χ2n) is 7.26. The van der Waals surface area contributed by atoms with E-state index in [-0.39, 0.29) is 5.56 Å². The van der Waals surface area contributed by atoms with Gasteiger partial charge in [0.05, 0.1) is 12.2 Å². The normalized spacial score (nSPS) is 14.6. The number of nitrogens with zero attached hydrogens (tertiary/aromatic N) is 9. The molecule has 0 bridgehead atoms. The van der Waals surface area contributed by atoms with E-state index in [1.807, 2.05) is 19.9 Å². The van der Waals surface area contributed by atoms with E-state index >= 15 is 0 Å². The Morgan fingerprint density at radius 1 is 1.03 bits per heavy atom. The molecule has 1 aliphatic rings. The number of rotatable bonds is 5. The molecular weight excluding hydrogens is 382 g/mol. The highest BCUT2D eigenvalue weighted by atomic mass is 16.1. The fourth-order valence-electron chi connectivity index (χ4n) is 3.63. The molecule has 0 atom stereocenters. The van der Waals surface area contributed by atoms with Gasteiger partial charge in [0, 0.05) is 56.9 Å². The Morgan fingerprint density at radius 3 is 2.50 bits per heavy atom. The monoisotopic (exact) mass is 405 g/mol. The Bertz CT molecular complexity index is 1140. The number of aromatic nitrogens is 6. The molecule has 0 unspecified atom stereocenters. The molecular formula is C20H23N9O. The van der Waals surface area contributed by atoms with Gasteiger partial charge >= 0.3 is 0 Å². The highest BCUT2D eigenvalue weighted by Crippen LogP contribution is 2.16. The zero-order chi connectivity index (χ0) is 21.1. The van der Waals surface area contributed by atoms with Crippen LogP contribution in [0.15, 0.2) is 35.4 Å². The van der Waals surface area contributed by atoms with Crippen molar-refractivity contribution >= 4 is 5.82 Å². The van der Waals surface area contributed by atoms with Gasteiger partial charge in [-0.1, -0.05) is 0 Å². The summed E-state index contributed by atoms with van der Waals surface area (Å²) >= 11 is 0. The van der Waals surface area contributed by atoms with Crippen LogP contribution in [0.2, 0.25) is 0 Å². The van der Waals surface area contributed by atoms with Gasteiger partial charge in [-0.3, -0.25) is 9.69 Å². The molecule has 0 amide bonds. The predicted octanol–water partition coefficient (Wildman–Crippen LogP) is 0.530. The van der Waals surface area contributed by atoms with Gasteiger partial charge in [-0.15, -0.1) is 5.10 Å². The molecule has 3 aromatic rings. The molecule has 4 heterocycles. The summed E-state index contributed by atoms with van der Waals surface area (Å²) in [5.74, 6) is 1.27. The lowest BCUT2D eigenvalue weighted by atomic mass is 10.3. The number of aryl methyl sites for hydroxylation is 2. The minimum Gasteiger partial charge on any atom is -0.352 e. The third kappa shape index (κ3) is 4.06. The van der Waals surface area contributed by atoms with Crippen molar-refractivity contribution in [1.29, 1.82) is 5.26 Å².